The number of thiazole rings is 1. The van der Waals surface area contributed by atoms with E-state index in [0.717, 1.165) is 35.2 Å². The molecule has 7 heteroatoms. The lowest BCUT2D eigenvalue weighted by atomic mass is 9.80. The second kappa shape index (κ2) is 9.37. The summed E-state index contributed by atoms with van der Waals surface area (Å²) in [5.41, 5.74) is 0.809. The summed E-state index contributed by atoms with van der Waals surface area (Å²) in [6.07, 6.45) is 3.09. The lowest BCUT2D eigenvalue weighted by molar-refractivity contribution is -0.152. The number of hydrogen-bond donors (Lipinski definition) is 1. The molecule has 1 fully saturated rings. The number of carbonyl (C=O) groups is 2. The van der Waals surface area contributed by atoms with Gasteiger partial charge in [0.25, 0.3) is 0 Å². The maximum absolute atomic E-state index is 12.2. The minimum Gasteiger partial charge on any atom is -0.494 e. The molecule has 1 N–H and O–H groups in total. The molecular formula is C21H28N2O4S. The van der Waals surface area contributed by atoms with Gasteiger partial charge in [-0.1, -0.05) is 25.2 Å². The Morgan fingerprint density at radius 2 is 2.04 bits per heavy atom. The van der Waals surface area contributed by atoms with Crippen molar-refractivity contribution in [3.05, 3.63) is 18.2 Å². The first-order chi connectivity index (χ1) is 13.4. The third kappa shape index (κ3) is 5.44. The number of esters is 1. The number of aromatic nitrogens is 1. The zero-order chi connectivity index (χ0) is 20.1. The standard InChI is InChI=1S/C21H28N2O4S/c1-4-26-15-7-8-17-18(12-15)28-21(22-17)23-19(24)9-10-20(25)27-16-6-5-13(2)14(3)11-16/h7-8,12-14,16H,4-6,9-11H2,1-3H3,(H,22,23,24)/t13-,14+,16+/m0/s1. The van der Waals surface area contributed by atoms with Crippen molar-refractivity contribution in [1.29, 1.82) is 0 Å². The average Bonchev–Trinajstić information content (AvgIpc) is 3.05. The van der Waals surface area contributed by atoms with E-state index in [-0.39, 0.29) is 30.8 Å². The van der Waals surface area contributed by atoms with Crippen molar-refractivity contribution in [2.24, 2.45) is 11.8 Å². The number of anilines is 1. The second-order valence-electron chi connectivity index (χ2n) is 7.51. The molecule has 152 valence electrons. The molecule has 0 unspecified atom stereocenters. The van der Waals surface area contributed by atoms with Gasteiger partial charge in [0, 0.05) is 6.42 Å². The van der Waals surface area contributed by atoms with Crippen LogP contribution in [0.1, 0.15) is 52.9 Å². The Hall–Kier alpha value is -2.15. The number of benzene rings is 1. The molecule has 1 aromatic carbocycles. The van der Waals surface area contributed by atoms with Crippen molar-refractivity contribution in [2.75, 3.05) is 11.9 Å². The predicted octanol–water partition coefficient (Wildman–Crippen LogP) is 4.78. The van der Waals surface area contributed by atoms with Crippen molar-refractivity contribution in [1.82, 2.24) is 4.98 Å². The van der Waals surface area contributed by atoms with E-state index < -0.39 is 0 Å². The third-order valence-corrected chi connectivity index (χ3v) is 6.26. The maximum atomic E-state index is 12.2. The topological polar surface area (TPSA) is 77.5 Å². The van der Waals surface area contributed by atoms with Crippen molar-refractivity contribution in [3.8, 4) is 5.75 Å². The molecule has 0 bridgehead atoms. The molecule has 28 heavy (non-hydrogen) atoms. The highest BCUT2D eigenvalue weighted by atomic mass is 32.1. The van der Waals surface area contributed by atoms with Gasteiger partial charge in [-0.25, -0.2) is 4.98 Å². The average molecular weight is 405 g/mol. The molecule has 0 spiro atoms. The van der Waals surface area contributed by atoms with Crippen molar-refractivity contribution < 1.29 is 19.1 Å². The van der Waals surface area contributed by atoms with Crippen LogP contribution < -0.4 is 10.1 Å². The van der Waals surface area contributed by atoms with Crippen molar-refractivity contribution >= 4 is 38.6 Å². The quantitative estimate of drug-likeness (QED) is 0.672. The first-order valence-electron chi connectivity index (χ1n) is 9.97. The summed E-state index contributed by atoms with van der Waals surface area (Å²) in [5, 5.41) is 3.30. The molecule has 0 saturated heterocycles. The van der Waals surface area contributed by atoms with E-state index in [2.05, 4.69) is 24.1 Å². The van der Waals surface area contributed by atoms with Gasteiger partial charge in [0.2, 0.25) is 5.91 Å². The molecule has 2 aromatic rings. The Labute approximate surface area is 169 Å². The molecule has 0 aliphatic heterocycles. The van der Waals surface area contributed by atoms with E-state index >= 15 is 0 Å². The van der Waals surface area contributed by atoms with Crippen LogP contribution in [-0.2, 0) is 14.3 Å². The van der Waals surface area contributed by atoms with Crippen LogP contribution in [0.3, 0.4) is 0 Å². The fourth-order valence-corrected chi connectivity index (χ4v) is 4.37. The van der Waals surface area contributed by atoms with E-state index in [4.69, 9.17) is 9.47 Å². The summed E-state index contributed by atoms with van der Waals surface area (Å²) in [5.74, 6) is 1.50. The Bertz CT molecular complexity index is 835. The van der Waals surface area contributed by atoms with Gasteiger partial charge >= 0.3 is 5.97 Å². The molecule has 1 aliphatic carbocycles. The first-order valence-corrected chi connectivity index (χ1v) is 10.8. The molecule has 1 heterocycles. The number of ether oxygens (including phenoxy) is 2. The van der Waals surface area contributed by atoms with E-state index in [0.29, 0.717) is 23.6 Å². The van der Waals surface area contributed by atoms with Crippen molar-refractivity contribution in [2.45, 2.75) is 59.0 Å². The monoisotopic (exact) mass is 404 g/mol. The molecule has 1 amide bonds. The van der Waals surface area contributed by atoms with Crippen LogP contribution in [0.5, 0.6) is 5.75 Å². The SMILES string of the molecule is CCOc1ccc2nc(NC(=O)CCC(=O)O[C@@H]3CC[C@H](C)[C@H](C)C3)sc2c1. The van der Waals surface area contributed by atoms with Crippen molar-refractivity contribution in [3.63, 3.8) is 0 Å². The Morgan fingerprint density at radius 3 is 2.79 bits per heavy atom. The summed E-state index contributed by atoms with van der Waals surface area (Å²) in [6, 6.07) is 5.64. The highest BCUT2D eigenvalue weighted by Gasteiger charge is 2.27. The van der Waals surface area contributed by atoms with Gasteiger partial charge in [-0.3, -0.25) is 9.59 Å². The molecular weight excluding hydrogens is 376 g/mol. The highest BCUT2D eigenvalue weighted by Crippen LogP contribution is 2.31. The molecule has 3 rings (SSSR count). The van der Waals surface area contributed by atoms with Gasteiger partial charge < -0.3 is 14.8 Å². The van der Waals surface area contributed by atoms with Crippen LogP contribution in [0, 0.1) is 11.8 Å². The fraction of sp³-hybridized carbons (Fsp3) is 0.571. The molecule has 1 saturated carbocycles. The van der Waals surface area contributed by atoms with Gasteiger partial charge in [0.15, 0.2) is 5.13 Å². The van der Waals surface area contributed by atoms with E-state index in [1.807, 2.05) is 25.1 Å². The first kappa shape index (κ1) is 20.6. The lowest BCUT2D eigenvalue weighted by Gasteiger charge is -2.31. The maximum Gasteiger partial charge on any atom is 0.306 e. The van der Waals surface area contributed by atoms with Crippen LogP contribution in [0.2, 0.25) is 0 Å². The minimum absolute atomic E-state index is 0.00874. The predicted molar refractivity (Wildman–Crippen MR) is 111 cm³/mol. The summed E-state index contributed by atoms with van der Waals surface area (Å²) in [7, 11) is 0. The summed E-state index contributed by atoms with van der Waals surface area (Å²) in [6.45, 7) is 6.98. The van der Waals surface area contributed by atoms with Crippen LogP contribution in [0.15, 0.2) is 18.2 Å². The largest absolute Gasteiger partial charge is 0.494 e. The van der Waals surface area contributed by atoms with Gasteiger partial charge in [0.05, 0.1) is 23.2 Å². The number of nitrogens with one attached hydrogen (secondary N) is 1. The molecule has 0 radical (unpaired) electrons. The Balaban J connectivity index is 1.46. The summed E-state index contributed by atoms with van der Waals surface area (Å²) in [4.78, 5) is 28.6. The number of amides is 1. The summed E-state index contributed by atoms with van der Waals surface area (Å²) >= 11 is 1.39. The number of rotatable bonds is 7. The summed E-state index contributed by atoms with van der Waals surface area (Å²) < 4.78 is 12.0. The normalized spacial score (nSPS) is 22.0. The van der Waals surface area contributed by atoms with Crippen LogP contribution in [0.4, 0.5) is 5.13 Å². The zero-order valence-electron chi connectivity index (χ0n) is 16.7. The van der Waals surface area contributed by atoms with Gasteiger partial charge in [0.1, 0.15) is 11.9 Å². The second-order valence-corrected chi connectivity index (χ2v) is 8.54. The number of hydrogen-bond acceptors (Lipinski definition) is 6. The Kier molecular flexibility index (Phi) is 6.88. The van der Waals surface area contributed by atoms with Gasteiger partial charge in [-0.05, 0) is 56.2 Å². The third-order valence-electron chi connectivity index (χ3n) is 5.32. The molecule has 1 aromatic heterocycles. The van der Waals surface area contributed by atoms with Gasteiger partial charge in [-0.2, -0.15) is 0 Å². The van der Waals surface area contributed by atoms with Crippen LogP contribution >= 0.6 is 11.3 Å². The Morgan fingerprint density at radius 1 is 1.21 bits per heavy atom. The van der Waals surface area contributed by atoms with E-state index in [1.165, 1.54) is 11.3 Å². The molecule has 6 nitrogen and oxygen atoms in total. The van der Waals surface area contributed by atoms with Gasteiger partial charge in [-0.15, -0.1) is 0 Å². The lowest BCUT2D eigenvalue weighted by Crippen LogP contribution is -2.29. The van der Waals surface area contributed by atoms with E-state index in [9.17, 15) is 9.59 Å². The minimum atomic E-state index is -0.299. The van der Waals surface area contributed by atoms with E-state index in [1.54, 1.807) is 0 Å². The molecule has 1 aliphatic rings. The molecule has 3 atom stereocenters. The van der Waals surface area contributed by atoms with Crippen LogP contribution in [0.25, 0.3) is 10.2 Å². The highest BCUT2D eigenvalue weighted by molar-refractivity contribution is 7.22. The fourth-order valence-electron chi connectivity index (χ4n) is 3.46. The smallest absolute Gasteiger partial charge is 0.306 e. The number of carbonyl (C=O) groups excluding carboxylic acids is 2. The number of nitrogens with zero attached hydrogens (tertiary/aromatic N) is 1. The van der Waals surface area contributed by atoms with Crippen LogP contribution in [-0.4, -0.2) is 29.6 Å². The zero-order valence-corrected chi connectivity index (χ0v) is 17.5. The number of fused-ring (bicyclic) bond motifs is 1.